The fourth-order valence-corrected chi connectivity index (χ4v) is 3.88. The van der Waals surface area contributed by atoms with Gasteiger partial charge in [-0.25, -0.2) is 4.79 Å². The van der Waals surface area contributed by atoms with Crippen LogP contribution in [0, 0.1) is 5.92 Å². The molecule has 3 amide bonds. The number of amides is 3. The standard InChI is InChI=1S/C20H22ClN5O4S/c1-12(2)17(18(27)23-19(22)28)31-20-25-24-16(26(20)10-15-4-3-9-29-15)11-30-14-7-5-13(21)6-8-14/h3-9,12,17H,10-11H2,1-2H3,(H3,22,23,27,28)/t17-/m1/s1. The number of furan rings is 1. The van der Waals surface area contributed by atoms with Gasteiger partial charge in [0.05, 0.1) is 18.1 Å². The Morgan fingerprint density at radius 2 is 2.00 bits per heavy atom. The number of halogens is 1. The molecule has 3 aromatic rings. The van der Waals surface area contributed by atoms with E-state index in [0.29, 0.717) is 34.1 Å². The van der Waals surface area contributed by atoms with Crippen molar-refractivity contribution in [2.75, 3.05) is 0 Å². The second kappa shape index (κ2) is 10.4. The number of ether oxygens (including phenoxy) is 1. The summed E-state index contributed by atoms with van der Waals surface area (Å²) in [7, 11) is 0. The van der Waals surface area contributed by atoms with Gasteiger partial charge in [0, 0.05) is 5.02 Å². The van der Waals surface area contributed by atoms with Gasteiger partial charge >= 0.3 is 6.03 Å². The van der Waals surface area contributed by atoms with Gasteiger partial charge in [-0.3, -0.25) is 14.7 Å². The van der Waals surface area contributed by atoms with Crippen molar-refractivity contribution < 1.29 is 18.7 Å². The Kier molecular flexibility index (Phi) is 7.59. The number of thioether (sulfide) groups is 1. The Bertz CT molecular complexity index is 1020. The van der Waals surface area contributed by atoms with Gasteiger partial charge in [0.2, 0.25) is 5.91 Å². The highest BCUT2D eigenvalue weighted by Gasteiger charge is 2.28. The van der Waals surface area contributed by atoms with E-state index in [0.717, 1.165) is 0 Å². The Labute approximate surface area is 188 Å². The van der Waals surface area contributed by atoms with Gasteiger partial charge in [-0.05, 0) is 42.3 Å². The second-order valence-electron chi connectivity index (χ2n) is 6.94. The first-order valence-electron chi connectivity index (χ1n) is 9.43. The first-order chi connectivity index (χ1) is 14.8. The van der Waals surface area contributed by atoms with Crippen LogP contribution in [0.15, 0.2) is 52.2 Å². The highest BCUT2D eigenvalue weighted by atomic mass is 35.5. The maximum Gasteiger partial charge on any atom is 0.318 e. The minimum Gasteiger partial charge on any atom is -0.486 e. The SMILES string of the molecule is CC(C)[C@@H](Sc1nnc(COc2ccc(Cl)cc2)n1Cc1ccco1)C(=O)NC(N)=O. The Balaban J connectivity index is 1.83. The number of benzene rings is 1. The molecule has 31 heavy (non-hydrogen) atoms. The van der Waals surface area contributed by atoms with Gasteiger partial charge in [0.15, 0.2) is 11.0 Å². The maximum absolute atomic E-state index is 12.4. The molecule has 0 aliphatic heterocycles. The molecule has 0 radical (unpaired) electrons. The topological polar surface area (TPSA) is 125 Å². The molecule has 0 fully saturated rings. The lowest BCUT2D eigenvalue weighted by molar-refractivity contribution is -0.120. The molecule has 0 aliphatic carbocycles. The number of nitrogens with one attached hydrogen (secondary N) is 1. The lowest BCUT2D eigenvalue weighted by Gasteiger charge is -2.19. The van der Waals surface area contributed by atoms with Crippen LogP contribution in [0.3, 0.4) is 0 Å². The number of hydrogen-bond acceptors (Lipinski definition) is 7. The van der Waals surface area contributed by atoms with Crippen LogP contribution in [0.5, 0.6) is 5.75 Å². The average molecular weight is 464 g/mol. The molecular weight excluding hydrogens is 442 g/mol. The van der Waals surface area contributed by atoms with E-state index >= 15 is 0 Å². The van der Waals surface area contributed by atoms with Crippen LogP contribution in [0.25, 0.3) is 0 Å². The van der Waals surface area contributed by atoms with Crippen molar-refractivity contribution >= 4 is 35.3 Å². The van der Waals surface area contributed by atoms with Crippen LogP contribution in [-0.2, 0) is 17.9 Å². The first-order valence-corrected chi connectivity index (χ1v) is 10.7. The molecule has 2 aromatic heterocycles. The summed E-state index contributed by atoms with van der Waals surface area (Å²) in [6.07, 6.45) is 1.58. The van der Waals surface area contributed by atoms with E-state index in [9.17, 15) is 9.59 Å². The molecule has 1 atom stereocenters. The molecule has 0 spiro atoms. The zero-order valence-corrected chi connectivity index (χ0v) is 18.5. The number of nitrogens with zero attached hydrogens (tertiary/aromatic N) is 3. The molecule has 164 valence electrons. The van der Waals surface area contributed by atoms with E-state index in [-0.39, 0.29) is 12.5 Å². The Hall–Kier alpha value is -2.98. The molecule has 0 unspecified atom stereocenters. The monoisotopic (exact) mass is 463 g/mol. The van der Waals surface area contributed by atoms with Gasteiger partial charge in [-0.15, -0.1) is 10.2 Å². The summed E-state index contributed by atoms with van der Waals surface area (Å²) in [6, 6.07) is 9.70. The van der Waals surface area contributed by atoms with E-state index in [1.54, 1.807) is 36.6 Å². The number of carbonyl (C=O) groups excluding carboxylic acids is 2. The third-order valence-corrected chi connectivity index (χ3v) is 5.99. The zero-order chi connectivity index (χ0) is 22.4. The summed E-state index contributed by atoms with van der Waals surface area (Å²) >= 11 is 7.11. The van der Waals surface area contributed by atoms with Gasteiger partial charge in [-0.2, -0.15) is 0 Å². The molecule has 9 nitrogen and oxygen atoms in total. The van der Waals surface area contributed by atoms with E-state index in [4.69, 9.17) is 26.5 Å². The van der Waals surface area contributed by atoms with Crippen LogP contribution in [0.2, 0.25) is 5.02 Å². The van der Waals surface area contributed by atoms with Crippen molar-refractivity contribution in [3.05, 3.63) is 59.3 Å². The summed E-state index contributed by atoms with van der Waals surface area (Å²) in [5.74, 6) is 1.29. The van der Waals surface area contributed by atoms with Crippen LogP contribution in [0.1, 0.15) is 25.4 Å². The zero-order valence-electron chi connectivity index (χ0n) is 16.9. The van der Waals surface area contributed by atoms with E-state index in [1.807, 2.05) is 24.5 Å². The molecule has 3 N–H and O–H groups in total. The smallest absolute Gasteiger partial charge is 0.318 e. The number of hydrogen-bond donors (Lipinski definition) is 2. The summed E-state index contributed by atoms with van der Waals surface area (Å²) in [6.45, 7) is 4.24. The summed E-state index contributed by atoms with van der Waals surface area (Å²) < 4.78 is 13.1. The van der Waals surface area contributed by atoms with Gasteiger partial charge < -0.3 is 14.9 Å². The minimum atomic E-state index is -0.898. The lowest BCUT2D eigenvalue weighted by atomic mass is 10.1. The van der Waals surface area contributed by atoms with Crippen LogP contribution >= 0.6 is 23.4 Å². The quantitative estimate of drug-likeness (QED) is 0.465. The number of imide groups is 1. The first kappa shape index (κ1) is 22.7. The van der Waals surface area contributed by atoms with E-state index in [2.05, 4.69) is 15.5 Å². The molecule has 11 heteroatoms. The molecule has 0 aliphatic rings. The molecule has 3 rings (SSSR count). The van der Waals surface area contributed by atoms with Crippen molar-refractivity contribution in [2.24, 2.45) is 11.7 Å². The van der Waals surface area contributed by atoms with E-state index in [1.165, 1.54) is 11.8 Å². The molecule has 2 heterocycles. The number of carbonyl (C=O) groups is 2. The summed E-state index contributed by atoms with van der Waals surface area (Å²) in [5.41, 5.74) is 5.10. The number of urea groups is 1. The maximum atomic E-state index is 12.4. The Morgan fingerprint density at radius 1 is 1.26 bits per heavy atom. The second-order valence-corrected chi connectivity index (χ2v) is 8.49. The number of aromatic nitrogens is 3. The largest absolute Gasteiger partial charge is 0.486 e. The summed E-state index contributed by atoms with van der Waals surface area (Å²) in [5, 5.41) is 11.1. The number of rotatable bonds is 9. The van der Waals surface area contributed by atoms with Crippen molar-refractivity contribution in [3.8, 4) is 5.75 Å². The lowest BCUT2D eigenvalue weighted by Crippen LogP contribution is -2.42. The molecule has 0 saturated heterocycles. The molecule has 1 aromatic carbocycles. The molecular formula is C20H22ClN5O4S. The van der Waals surface area contributed by atoms with Crippen LogP contribution in [-0.4, -0.2) is 32.0 Å². The van der Waals surface area contributed by atoms with Crippen molar-refractivity contribution in [1.82, 2.24) is 20.1 Å². The van der Waals surface area contributed by atoms with Gasteiger partial charge in [0.25, 0.3) is 0 Å². The summed E-state index contributed by atoms with van der Waals surface area (Å²) in [4.78, 5) is 23.6. The van der Waals surface area contributed by atoms with Crippen LogP contribution < -0.4 is 15.8 Å². The normalized spacial score (nSPS) is 12.0. The van der Waals surface area contributed by atoms with Gasteiger partial charge in [0.1, 0.15) is 18.1 Å². The van der Waals surface area contributed by atoms with Gasteiger partial charge in [-0.1, -0.05) is 37.2 Å². The average Bonchev–Trinajstić information content (AvgIpc) is 3.35. The minimum absolute atomic E-state index is 0.0909. The fourth-order valence-electron chi connectivity index (χ4n) is 2.71. The number of nitrogens with two attached hydrogens (primary N) is 1. The predicted molar refractivity (Wildman–Crippen MR) is 116 cm³/mol. The van der Waals surface area contributed by atoms with Crippen molar-refractivity contribution in [2.45, 2.75) is 37.4 Å². The fraction of sp³-hybridized carbons (Fsp3) is 0.300. The number of primary amides is 1. The highest BCUT2D eigenvalue weighted by molar-refractivity contribution is 8.00. The van der Waals surface area contributed by atoms with Crippen molar-refractivity contribution in [1.29, 1.82) is 0 Å². The van der Waals surface area contributed by atoms with Crippen LogP contribution in [0.4, 0.5) is 4.79 Å². The van der Waals surface area contributed by atoms with Crippen molar-refractivity contribution in [3.63, 3.8) is 0 Å². The molecule has 0 saturated carbocycles. The third-order valence-electron chi connectivity index (χ3n) is 4.21. The van der Waals surface area contributed by atoms with E-state index < -0.39 is 17.2 Å². The highest BCUT2D eigenvalue weighted by Crippen LogP contribution is 2.29. The third kappa shape index (κ3) is 6.25. The Morgan fingerprint density at radius 3 is 2.61 bits per heavy atom. The predicted octanol–water partition coefficient (Wildman–Crippen LogP) is 3.46. The molecule has 0 bridgehead atoms.